The van der Waals surface area contributed by atoms with Crippen LogP contribution in [0.25, 0.3) is 0 Å². The van der Waals surface area contributed by atoms with E-state index in [1.54, 1.807) is 24.9 Å². The van der Waals surface area contributed by atoms with Gasteiger partial charge in [0.15, 0.2) is 0 Å². The van der Waals surface area contributed by atoms with Gasteiger partial charge in [-0.15, -0.1) is 11.8 Å². The lowest BCUT2D eigenvalue weighted by Crippen LogP contribution is -2.43. The monoisotopic (exact) mass is 684 g/mol. The lowest BCUT2D eigenvalue weighted by Gasteiger charge is -2.43. The SMILES string of the molecule is CO[C@H]1/C=C/CCCS(=O)(C=NC(=O)NC2CC2)=NC(=O)c2ccc3c(c2)N(Cc2ccc(Cl)cc2CCSCO3)C[C@@H]2CC[C@H]21. The fraction of sp³-hybridized carbons (Fsp3) is 0.500. The number of urea groups is 1. The van der Waals surface area contributed by atoms with Crippen LogP contribution in [0.2, 0.25) is 5.02 Å². The number of methoxy groups -OCH3 is 1. The summed E-state index contributed by atoms with van der Waals surface area (Å²) in [5, 5.41) is 3.48. The average Bonchev–Trinajstić information content (AvgIpc) is 3.85. The lowest BCUT2D eigenvalue weighted by atomic mass is 9.70. The van der Waals surface area contributed by atoms with E-state index in [1.807, 2.05) is 24.3 Å². The Kier molecular flexibility index (Phi) is 10.7. The average molecular weight is 685 g/mol. The van der Waals surface area contributed by atoms with Gasteiger partial charge >= 0.3 is 6.03 Å². The second kappa shape index (κ2) is 14.9. The second-order valence-corrected chi connectivity index (χ2v) is 16.1. The van der Waals surface area contributed by atoms with Gasteiger partial charge in [0, 0.05) is 48.3 Å². The minimum atomic E-state index is -3.26. The summed E-state index contributed by atoms with van der Waals surface area (Å²) in [6.07, 6.45) is 10.1. The molecule has 2 aromatic rings. The number of carbonyl (C=O) groups is 2. The van der Waals surface area contributed by atoms with E-state index < -0.39 is 21.7 Å². The third-order valence-electron chi connectivity index (χ3n) is 9.13. The highest BCUT2D eigenvalue weighted by molar-refractivity contribution is 8.06. The summed E-state index contributed by atoms with van der Waals surface area (Å²) in [5.74, 6) is 2.25. The van der Waals surface area contributed by atoms with Crippen molar-refractivity contribution in [2.24, 2.45) is 21.2 Å². The van der Waals surface area contributed by atoms with E-state index >= 15 is 0 Å². The molecule has 2 aliphatic heterocycles. The summed E-state index contributed by atoms with van der Waals surface area (Å²) in [5.41, 5.74) is 4.55. The first kappa shape index (κ1) is 33.1. The summed E-state index contributed by atoms with van der Waals surface area (Å²) in [6.45, 7) is 1.36. The molecule has 0 saturated heterocycles. The zero-order chi connectivity index (χ0) is 32.1. The molecule has 9 nitrogen and oxygen atoms in total. The number of aryl methyl sites for hydroxylation is 1. The Labute approximate surface area is 280 Å². The maximum atomic E-state index is 14.0. The first-order valence-corrected chi connectivity index (χ1v) is 19.3. The van der Waals surface area contributed by atoms with Gasteiger partial charge in [-0.2, -0.15) is 9.36 Å². The number of amides is 3. The van der Waals surface area contributed by atoms with Crippen molar-refractivity contribution in [3.63, 3.8) is 0 Å². The molecule has 6 rings (SSSR count). The number of hydrogen-bond acceptors (Lipinski definition) is 7. The normalized spacial score (nSPS) is 28.0. The standard InChI is InChI=1S/C34H41ClN4O5S2/c1-43-31-5-3-2-4-16-46(42,21-36-34(41)37-28-10-11-28)38-33(40)24-8-13-32-30(18-24)39(20-26-7-12-29(26)31)19-25-6-9-27(35)17-23(25)14-15-45-22-44-32/h3,5-6,8-9,13,17-18,21,26,28-29,31H,2,4,7,10-12,14-16,19-20,22H2,1H3,(H,37,41)/b5-3+,36-21?/t26-,29+,31-,46?/m0/s1. The van der Waals surface area contributed by atoms with Crippen LogP contribution in [0.1, 0.15) is 60.0 Å². The molecule has 2 fully saturated rings. The minimum Gasteiger partial charge on any atom is -0.481 e. The molecule has 0 radical (unpaired) electrons. The van der Waals surface area contributed by atoms with Crippen LogP contribution in [0.15, 0.2) is 57.9 Å². The Balaban J connectivity index is 1.42. The summed E-state index contributed by atoms with van der Waals surface area (Å²) in [4.78, 5) is 32.2. The van der Waals surface area contributed by atoms with Crippen molar-refractivity contribution in [1.29, 1.82) is 0 Å². The molecule has 2 bridgehead atoms. The van der Waals surface area contributed by atoms with Gasteiger partial charge in [-0.05, 0) is 98.2 Å². The van der Waals surface area contributed by atoms with Crippen LogP contribution in [-0.4, -0.2) is 64.9 Å². The van der Waals surface area contributed by atoms with Crippen LogP contribution in [0, 0.1) is 11.8 Å². The first-order valence-electron chi connectivity index (χ1n) is 16.0. The van der Waals surface area contributed by atoms with E-state index in [9.17, 15) is 13.8 Å². The van der Waals surface area contributed by atoms with Gasteiger partial charge in [-0.1, -0.05) is 29.8 Å². The van der Waals surface area contributed by atoms with Crippen molar-refractivity contribution >= 4 is 56.3 Å². The molecular weight excluding hydrogens is 644 g/mol. The number of aliphatic imine (C=N–C) groups is 1. The third kappa shape index (κ3) is 8.34. The predicted molar refractivity (Wildman–Crippen MR) is 186 cm³/mol. The van der Waals surface area contributed by atoms with Gasteiger partial charge in [0.05, 0.1) is 21.5 Å². The van der Waals surface area contributed by atoms with Crippen LogP contribution >= 0.6 is 23.4 Å². The highest BCUT2D eigenvalue weighted by Gasteiger charge is 2.38. The molecule has 46 heavy (non-hydrogen) atoms. The molecule has 4 atom stereocenters. The summed E-state index contributed by atoms with van der Waals surface area (Å²) in [7, 11) is -1.51. The molecule has 246 valence electrons. The van der Waals surface area contributed by atoms with Crippen molar-refractivity contribution in [3.05, 3.63) is 70.3 Å². The number of thioether (sulfide) groups is 1. The zero-order valence-electron chi connectivity index (χ0n) is 26.1. The number of carbonyl (C=O) groups excluding carboxylic acids is 2. The topological polar surface area (TPSA) is 110 Å². The van der Waals surface area contributed by atoms with Crippen molar-refractivity contribution in [2.45, 2.75) is 63.6 Å². The molecule has 2 saturated carbocycles. The molecular formula is C34H41ClN4O5S2. The first-order chi connectivity index (χ1) is 22.3. The number of nitrogens with zero attached hydrogens (tertiary/aromatic N) is 3. The Morgan fingerprint density at radius 3 is 2.85 bits per heavy atom. The number of nitrogens with one attached hydrogen (secondary N) is 1. The van der Waals surface area contributed by atoms with Crippen molar-refractivity contribution < 1.29 is 23.3 Å². The van der Waals surface area contributed by atoms with Crippen molar-refractivity contribution in [1.82, 2.24) is 5.32 Å². The second-order valence-electron chi connectivity index (χ2n) is 12.4. The maximum Gasteiger partial charge on any atom is 0.341 e. The Bertz CT molecular complexity index is 1640. The third-order valence-corrected chi connectivity index (χ3v) is 11.9. The number of benzene rings is 2. The van der Waals surface area contributed by atoms with E-state index in [2.05, 4.69) is 37.8 Å². The molecule has 4 aliphatic rings. The molecule has 12 heteroatoms. The van der Waals surface area contributed by atoms with E-state index in [0.29, 0.717) is 53.5 Å². The molecule has 2 aliphatic carbocycles. The van der Waals surface area contributed by atoms with Gasteiger partial charge in [-0.3, -0.25) is 4.79 Å². The number of ether oxygens (including phenoxy) is 2. The number of fused-ring (bicyclic) bond motifs is 3. The minimum absolute atomic E-state index is 0.0385. The molecule has 0 spiro atoms. The number of allylic oxidation sites excluding steroid dienone is 1. The Hall–Kier alpha value is -2.86. The number of halogens is 1. The smallest absolute Gasteiger partial charge is 0.341 e. The van der Waals surface area contributed by atoms with Gasteiger partial charge in [0.1, 0.15) is 17.2 Å². The molecule has 2 aromatic carbocycles. The van der Waals surface area contributed by atoms with Crippen LogP contribution in [-0.2, 0) is 27.4 Å². The fourth-order valence-corrected chi connectivity index (χ4v) is 8.61. The largest absolute Gasteiger partial charge is 0.481 e. The van der Waals surface area contributed by atoms with Crippen LogP contribution < -0.4 is 15.0 Å². The Morgan fingerprint density at radius 2 is 2.07 bits per heavy atom. The van der Waals surface area contributed by atoms with Crippen LogP contribution in [0.5, 0.6) is 5.75 Å². The van der Waals surface area contributed by atoms with Crippen molar-refractivity contribution in [3.8, 4) is 5.75 Å². The summed E-state index contributed by atoms with van der Waals surface area (Å²) in [6, 6.07) is 10.9. The predicted octanol–water partition coefficient (Wildman–Crippen LogP) is 6.87. The van der Waals surface area contributed by atoms with Gasteiger partial charge in [0.25, 0.3) is 5.91 Å². The number of anilines is 1. The molecule has 1 unspecified atom stereocenters. The highest BCUT2D eigenvalue weighted by Crippen LogP contribution is 2.42. The zero-order valence-corrected chi connectivity index (χ0v) is 28.5. The molecule has 3 amide bonds. The number of hydrogen-bond donors (Lipinski definition) is 1. The number of rotatable bonds is 3. The quantitative estimate of drug-likeness (QED) is 0.213. The van der Waals surface area contributed by atoms with E-state index in [4.69, 9.17) is 21.1 Å². The van der Waals surface area contributed by atoms with E-state index in [0.717, 1.165) is 55.6 Å². The fourth-order valence-electron chi connectivity index (χ4n) is 6.26. The Morgan fingerprint density at radius 1 is 1.20 bits per heavy atom. The summed E-state index contributed by atoms with van der Waals surface area (Å²) >= 11 is 8.13. The van der Waals surface area contributed by atoms with Gasteiger partial charge < -0.3 is 19.7 Å². The van der Waals surface area contributed by atoms with Gasteiger partial charge in [-0.25, -0.2) is 9.00 Å². The van der Waals surface area contributed by atoms with Crippen LogP contribution in [0.4, 0.5) is 10.5 Å². The van der Waals surface area contributed by atoms with E-state index in [1.165, 1.54) is 11.1 Å². The van der Waals surface area contributed by atoms with Gasteiger partial charge in [0.2, 0.25) is 0 Å². The van der Waals surface area contributed by atoms with Crippen LogP contribution in [0.3, 0.4) is 0 Å². The maximum absolute atomic E-state index is 14.0. The molecule has 0 aromatic heterocycles. The molecule has 1 N–H and O–H groups in total. The summed E-state index contributed by atoms with van der Waals surface area (Å²) < 4.78 is 30.5. The van der Waals surface area contributed by atoms with E-state index in [-0.39, 0.29) is 17.9 Å². The highest BCUT2D eigenvalue weighted by atomic mass is 35.5. The lowest BCUT2D eigenvalue weighted by molar-refractivity contribution is 0.0134. The van der Waals surface area contributed by atoms with Crippen molar-refractivity contribution in [2.75, 3.05) is 36.0 Å². The molecule has 2 heterocycles.